The van der Waals surface area contributed by atoms with Gasteiger partial charge in [-0.1, -0.05) is 6.07 Å². The van der Waals surface area contributed by atoms with Crippen LogP contribution in [0.1, 0.15) is 18.9 Å². The highest BCUT2D eigenvalue weighted by atomic mass is 16.4. The summed E-state index contributed by atoms with van der Waals surface area (Å²) in [5.74, 6) is 0.128. The standard InChI is InChI=1S/C16H22N4O2/c1-11-3-4-14-13(9-11)18-16(22-14)20-7-5-19(6-8-20)15(21)10-12(2)17/h3-4,9,12H,5-8,10,17H2,1-2H3. The van der Waals surface area contributed by atoms with Gasteiger partial charge >= 0.3 is 0 Å². The Morgan fingerprint density at radius 3 is 2.77 bits per heavy atom. The fraction of sp³-hybridized carbons (Fsp3) is 0.500. The minimum atomic E-state index is -0.0918. The number of benzene rings is 1. The number of oxazole rings is 1. The third-order valence-electron chi connectivity index (χ3n) is 3.93. The Kier molecular flexibility index (Phi) is 4.02. The molecule has 1 atom stereocenters. The smallest absolute Gasteiger partial charge is 0.298 e. The summed E-state index contributed by atoms with van der Waals surface area (Å²) in [6, 6.07) is 6.53. The molecule has 1 saturated heterocycles. The Bertz CT molecular complexity index is 672. The van der Waals surface area contributed by atoms with Gasteiger partial charge in [-0.2, -0.15) is 4.98 Å². The summed E-state index contributed by atoms with van der Waals surface area (Å²) >= 11 is 0. The monoisotopic (exact) mass is 302 g/mol. The molecule has 3 rings (SSSR count). The van der Waals surface area contributed by atoms with Crippen LogP contribution in [0.15, 0.2) is 22.6 Å². The molecule has 2 aromatic rings. The maximum absolute atomic E-state index is 12.0. The molecule has 2 N–H and O–H groups in total. The number of carbonyl (C=O) groups excluding carboxylic acids is 1. The molecule has 118 valence electrons. The fourth-order valence-corrected chi connectivity index (χ4v) is 2.71. The van der Waals surface area contributed by atoms with Crippen molar-refractivity contribution in [2.45, 2.75) is 26.3 Å². The van der Waals surface area contributed by atoms with Crippen molar-refractivity contribution in [2.75, 3.05) is 31.1 Å². The van der Waals surface area contributed by atoms with Crippen LogP contribution in [0.25, 0.3) is 11.1 Å². The average Bonchev–Trinajstić information content (AvgIpc) is 2.89. The van der Waals surface area contributed by atoms with Crippen LogP contribution in [-0.4, -0.2) is 48.0 Å². The summed E-state index contributed by atoms with van der Waals surface area (Å²) in [5, 5.41) is 0. The first-order valence-corrected chi connectivity index (χ1v) is 7.68. The van der Waals surface area contributed by atoms with Gasteiger partial charge in [0.25, 0.3) is 6.01 Å². The van der Waals surface area contributed by atoms with E-state index in [0.29, 0.717) is 25.5 Å². The Morgan fingerprint density at radius 1 is 1.36 bits per heavy atom. The van der Waals surface area contributed by atoms with Crippen molar-refractivity contribution in [3.8, 4) is 0 Å². The minimum Gasteiger partial charge on any atom is -0.423 e. The highest BCUT2D eigenvalue weighted by molar-refractivity contribution is 5.77. The number of amides is 1. The molecule has 22 heavy (non-hydrogen) atoms. The second kappa shape index (κ2) is 5.96. The molecule has 6 nitrogen and oxygen atoms in total. The zero-order valence-corrected chi connectivity index (χ0v) is 13.1. The molecule has 1 aromatic carbocycles. The van der Waals surface area contributed by atoms with Gasteiger partial charge in [-0.3, -0.25) is 4.79 Å². The molecule has 0 saturated carbocycles. The lowest BCUT2D eigenvalue weighted by atomic mass is 10.2. The Labute approximate surface area is 129 Å². The van der Waals surface area contributed by atoms with Crippen LogP contribution in [0, 0.1) is 6.92 Å². The van der Waals surface area contributed by atoms with E-state index in [4.69, 9.17) is 10.2 Å². The molecule has 1 aromatic heterocycles. The highest BCUT2D eigenvalue weighted by Crippen LogP contribution is 2.23. The van der Waals surface area contributed by atoms with E-state index in [1.807, 2.05) is 36.9 Å². The van der Waals surface area contributed by atoms with E-state index in [-0.39, 0.29) is 11.9 Å². The molecule has 0 aliphatic carbocycles. The quantitative estimate of drug-likeness (QED) is 0.930. The van der Waals surface area contributed by atoms with Crippen molar-refractivity contribution in [1.29, 1.82) is 0 Å². The second-order valence-electron chi connectivity index (χ2n) is 6.02. The molecule has 1 aliphatic heterocycles. The first-order valence-electron chi connectivity index (χ1n) is 7.68. The van der Waals surface area contributed by atoms with Crippen molar-refractivity contribution in [1.82, 2.24) is 9.88 Å². The van der Waals surface area contributed by atoms with Gasteiger partial charge in [0, 0.05) is 38.6 Å². The van der Waals surface area contributed by atoms with Crippen molar-refractivity contribution >= 4 is 23.0 Å². The molecule has 1 fully saturated rings. The summed E-state index contributed by atoms with van der Waals surface area (Å²) < 4.78 is 5.81. The highest BCUT2D eigenvalue weighted by Gasteiger charge is 2.24. The van der Waals surface area contributed by atoms with E-state index in [1.54, 1.807) is 0 Å². The average molecular weight is 302 g/mol. The molecular formula is C16H22N4O2. The van der Waals surface area contributed by atoms with Crippen LogP contribution >= 0.6 is 0 Å². The first-order chi connectivity index (χ1) is 10.5. The zero-order chi connectivity index (χ0) is 15.7. The summed E-state index contributed by atoms with van der Waals surface area (Å²) in [6.45, 7) is 6.73. The molecule has 0 spiro atoms. The van der Waals surface area contributed by atoms with Gasteiger partial charge in [-0.15, -0.1) is 0 Å². The van der Waals surface area contributed by atoms with Gasteiger partial charge in [0.2, 0.25) is 5.91 Å². The van der Waals surface area contributed by atoms with Crippen LogP contribution < -0.4 is 10.6 Å². The van der Waals surface area contributed by atoms with Gasteiger partial charge in [-0.25, -0.2) is 0 Å². The molecule has 2 heterocycles. The number of carbonyl (C=O) groups is 1. The normalized spacial score (nSPS) is 17.0. The number of fused-ring (bicyclic) bond motifs is 1. The number of nitrogens with two attached hydrogens (primary N) is 1. The Balaban J connectivity index is 1.66. The maximum atomic E-state index is 12.0. The largest absolute Gasteiger partial charge is 0.423 e. The number of rotatable bonds is 3. The van der Waals surface area contributed by atoms with E-state index in [9.17, 15) is 4.79 Å². The minimum absolute atomic E-state index is 0.0918. The van der Waals surface area contributed by atoms with Gasteiger partial charge in [0.15, 0.2) is 5.58 Å². The predicted molar refractivity (Wildman–Crippen MR) is 85.8 cm³/mol. The van der Waals surface area contributed by atoms with Crippen molar-refractivity contribution in [3.63, 3.8) is 0 Å². The van der Waals surface area contributed by atoms with Crippen molar-refractivity contribution in [3.05, 3.63) is 23.8 Å². The summed E-state index contributed by atoms with van der Waals surface area (Å²) in [5.41, 5.74) is 8.54. The molecule has 1 amide bonds. The lowest BCUT2D eigenvalue weighted by molar-refractivity contribution is -0.131. The third-order valence-corrected chi connectivity index (χ3v) is 3.93. The number of aromatic nitrogens is 1. The number of hydrogen-bond donors (Lipinski definition) is 1. The number of piperazine rings is 1. The number of hydrogen-bond acceptors (Lipinski definition) is 5. The fourth-order valence-electron chi connectivity index (χ4n) is 2.71. The van der Waals surface area contributed by atoms with E-state index < -0.39 is 0 Å². The van der Waals surface area contributed by atoms with E-state index in [0.717, 1.165) is 24.2 Å². The third kappa shape index (κ3) is 3.06. The molecular weight excluding hydrogens is 280 g/mol. The maximum Gasteiger partial charge on any atom is 0.298 e. The van der Waals surface area contributed by atoms with E-state index in [1.165, 1.54) is 5.56 Å². The first kappa shape index (κ1) is 14.8. The predicted octanol–water partition coefficient (Wildman–Crippen LogP) is 1.52. The van der Waals surface area contributed by atoms with Crippen LogP contribution in [0.2, 0.25) is 0 Å². The summed E-state index contributed by atoms with van der Waals surface area (Å²) in [4.78, 5) is 20.5. The lowest BCUT2D eigenvalue weighted by Crippen LogP contribution is -2.49. The number of aryl methyl sites for hydroxylation is 1. The molecule has 1 aliphatic rings. The summed E-state index contributed by atoms with van der Waals surface area (Å²) in [7, 11) is 0. The lowest BCUT2D eigenvalue weighted by Gasteiger charge is -2.34. The zero-order valence-electron chi connectivity index (χ0n) is 13.1. The summed E-state index contributed by atoms with van der Waals surface area (Å²) in [6.07, 6.45) is 0.405. The van der Waals surface area contributed by atoms with E-state index in [2.05, 4.69) is 9.88 Å². The SMILES string of the molecule is Cc1ccc2oc(N3CCN(C(=O)CC(C)N)CC3)nc2c1. The Hall–Kier alpha value is -2.08. The topological polar surface area (TPSA) is 75.6 Å². The van der Waals surface area contributed by atoms with Crippen LogP contribution in [-0.2, 0) is 4.79 Å². The molecule has 6 heteroatoms. The van der Waals surface area contributed by atoms with Crippen molar-refractivity contribution in [2.24, 2.45) is 5.73 Å². The van der Waals surface area contributed by atoms with Crippen LogP contribution in [0.5, 0.6) is 0 Å². The number of nitrogens with zero attached hydrogens (tertiary/aromatic N) is 3. The van der Waals surface area contributed by atoms with Gasteiger partial charge in [-0.05, 0) is 31.5 Å². The van der Waals surface area contributed by atoms with E-state index >= 15 is 0 Å². The molecule has 1 unspecified atom stereocenters. The van der Waals surface area contributed by atoms with Gasteiger partial charge in [0.05, 0.1) is 0 Å². The van der Waals surface area contributed by atoms with Crippen molar-refractivity contribution < 1.29 is 9.21 Å². The molecule has 0 radical (unpaired) electrons. The van der Waals surface area contributed by atoms with Crippen LogP contribution in [0.3, 0.4) is 0 Å². The molecule has 0 bridgehead atoms. The van der Waals surface area contributed by atoms with Gasteiger partial charge < -0.3 is 20.0 Å². The second-order valence-corrected chi connectivity index (χ2v) is 6.02. The number of anilines is 1. The Morgan fingerprint density at radius 2 is 2.09 bits per heavy atom. The van der Waals surface area contributed by atoms with Crippen LogP contribution in [0.4, 0.5) is 6.01 Å². The van der Waals surface area contributed by atoms with Gasteiger partial charge in [0.1, 0.15) is 5.52 Å².